The molecule has 0 aromatic carbocycles. The minimum Gasteiger partial charge on any atom is -0.458 e. The Bertz CT molecular complexity index is 624. The van der Waals surface area contributed by atoms with Gasteiger partial charge in [0.1, 0.15) is 17.7 Å². The van der Waals surface area contributed by atoms with Gasteiger partial charge in [-0.3, -0.25) is 9.59 Å². The fraction of sp³-hybridized carbons (Fsp3) is 0.667. The summed E-state index contributed by atoms with van der Waals surface area (Å²) in [7, 11) is -3.78. The van der Waals surface area contributed by atoms with Crippen molar-refractivity contribution in [2.45, 2.75) is 65.3 Å². The van der Waals surface area contributed by atoms with Gasteiger partial charge in [0.2, 0.25) is 21.8 Å². The number of hydrogen-bond donors (Lipinski definition) is 3. The lowest BCUT2D eigenvalue weighted by molar-refractivity contribution is -0.158. The van der Waals surface area contributed by atoms with Crippen molar-refractivity contribution in [3.05, 3.63) is 12.0 Å². The van der Waals surface area contributed by atoms with Crippen LogP contribution in [-0.2, 0) is 29.1 Å². The highest BCUT2D eigenvalue weighted by Crippen LogP contribution is 2.08. The molecule has 0 spiro atoms. The van der Waals surface area contributed by atoms with Crippen molar-refractivity contribution < 1.29 is 27.5 Å². The van der Waals surface area contributed by atoms with Crippen LogP contribution < -0.4 is 15.4 Å². The van der Waals surface area contributed by atoms with Crippen molar-refractivity contribution in [3.8, 4) is 0 Å². The number of carbonyl (C=O) groups is 3. The molecule has 0 unspecified atom stereocenters. The maximum absolute atomic E-state index is 12.0. The normalized spacial score (nSPS) is 15.4. The maximum atomic E-state index is 12.0. The lowest BCUT2D eigenvalue weighted by Gasteiger charge is -2.24. The summed E-state index contributed by atoms with van der Waals surface area (Å²) >= 11 is 0. The van der Waals surface area contributed by atoms with Gasteiger partial charge in [-0.05, 0) is 41.5 Å². The van der Waals surface area contributed by atoms with E-state index in [1.807, 2.05) is 0 Å². The zero-order valence-corrected chi connectivity index (χ0v) is 16.2. The molecule has 0 fully saturated rings. The highest BCUT2D eigenvalue weighted by Gasteiger charge is 2.26. The summed E-state index contributed by atoms with van der Waals surface area (Å²) in [5.74, 6) is -1.91. The lowest BCUT2D eigenvalue weighted by Crippen LogP contribution is -2.53. The second kappa shape index (κ2) is 8.95. The Morgan fingerprint density at radius 3 is 1.84 bits per heavy atom. The predicted molar refractivity (Wildman–Crippen MR) is 92.8 cm³/mol. The van der Waals surface area contributed by atoms with Crippen LogP contribution in [-0.4, -0.2) is 49.9 Å². The maximum Gasteiger partial charge on any atom is 0.328 e. The average molecular weight is 377 g/mol. The first-order valence-corrected chi connectivity index (χ1v) is 9.21. The smallest absolute Gasteiger partial charge is 0.328 e. The van der Waals surface area contributed by atoms with Gasteiger partial charge in [0, 0.05) is 5.41 Å². The molecule has 2 amide bonds. The second-order valence-corrected chi connectivity index (χ2v) is 8.20. The molecule has 9 nitrogen and oxygen atoms in total. The fourth-order valence-electron chi connectivity index (χ4n) is 1.54. The van der Waals surface area contributed by atoms with Gasteiger partial charge < -0.3 is 15.4 Å². The van der Waals surface area contributed by atoms with Crippen LogP contribution in [0.1, 0.15) is 41.5 Å². The van der Waals surface area contributed by atoms with Gasteiger partial charge in [0.05, 0.1) is 6.04 Å². The van der Waals surface area contributed by atoms with E-state index >= 15 is 0 Å². The first kappa shape index (κ1) is 23.1. The van der Waals surface area contributed by atoms with Crippen molar-refractivity contribution in [2.24, 2.45) is 0 Å². The number of sulfonamides is 1. The molecule has 3 N–H and O–H groups in total. The number of carbonyl (C=O) groups excluding carboxylic acids is 3. The fourth-order valence-corrected chi connectivity index (χ4v) is 2.24. The number of rotatable bonds is 8. The zero-order chi connectivity index (χ0) is 20.0. The highest BCUT2D eigenvalue weighted by molar-refractivity contribution is 7.92. The van der Waals surface area contributed by atoms with Gasteiger partial charge in [-0.25, -0.2) is 13.2 Å². The van der Waals surface area contributed by atoms with Crippen LogP contribution in [0, 0.1) is 0 Å². The van der Waals surface area contributed by atoms with E-state index in [1.54, 1.807) is 20.8 Å². The molecule has 0 aromatic rings. The van der Waals surface area contributed by atoms with Crippen molar-refractivity contribution in [2.75, 3.05) is 0 Å². The molecule has 0 radical (unpaired) electrons. The molecule has 0 saturated carbocycles. The average Bonchev–Trinajstić information content (AvgIpc) is 2.44. The summed E-state index contributed by atoms with van der Waals surface area (Å²) in [6.45, 7) is 12.4. The Hall–Kier alpha value is -1.94. The van der Waals surface area contributed by atoms with Gasteiger partial charge in [-0.1, -0.05) is 6.58 Å². The number of nitrogens with one attached hydrogen (secondary N) is 3. The van der Waals surface area contributed by atoms with Gasteiger partial charge in [0.25, 0.3) is 0 Å². The van der Waals surface area contributed by atoms with Crippen molar-refractivity contribution in [1.29, 1.82) is 0 Å². The molecular weight excluding hydrogens is 350 g/mol. The van der Waals surface area contributed by atoms with Crippen LogP contribution in [0.4, 0.5) is 0 Å². The molecule has 0 heterocycles. The summed E-state index contributed by atoms with van der Waals surface area (Å²) in [5, 5.41) is 5.45. The Morgan fingerprint density at radius 2 is 1.40 bits per heavy atom. The summed E-state index contributed by atoms with van der Waals surface area (Å²) in [4.78, 5) is 35.8. The van der Waals surface area contributed by atoms with Crippen LogP contribution in [0.25, 0.3) is 0 Å². The van der Waals surface area contributed by atoms with Crippen molar-refractivity contribution in [3.63, 3.8) is 0 Å². The van der Waals surface area contributed by atoms with Crippen LogP contribution in [0.3, 0.4) is 0 Å². The van der Waals surface area contributed by atoms with Gasteiger partial charge in [-0.2, -0.15) is 4.72 Å². The largest absolute Gasteiger partial charge is 0.458 e. The molecule has 0 aliphatic heterocycles. The third-order valence-electron chi connectivity index (χ3n) is 2.82. The lowest BCUT2D eigenvalue weighted by atomic mass is 10.2. The molecule has 3 atom stereocenters. The molecule has 10 heteroatoms. The summed E-state index contributed by atoms with van der Waals surface area (Å²) in [5.41, 5.74) is -0.687. The Kier molecular flexibility index (Phi) is 8.26. The predicted octanol–water partition coefficient (Wildman–Crippen LogP) is -0.211. The molecule has 25 heavy (non-hydrogen) atoms. The SMILES string of the molecule is C=CS(=O)(=O)N[C@@H](C)C(=O)N[C@@H](C)C(=O)N[C@@H](C)C(=O)OC(C)(C)C. The van der Waals surface area contributed by atoms with E-state index in [4.69, 9.17) is 4.74 Å². The molecule has 0 aromatic heterocycles. The third kappa shape index (κ3) is 9.20. The minimum atomic E-state index is -3.78. The number of esters is 1. The van der Waals surface area contributed by atoms with Crippen LogP contribution in [0.15, 0.2) is 12.0 Å². The van der Waals surface area contributed by atoms with E-state index in [0.29, 0.717) is 5.41 Å². The van der Waals surface area contributed by atoms with Crippen LogP contribution in [0.2, 0.25) is 0 Å². The van der Waals surface area contributed by atoms with E-state index in [1.165, 1.54) is 20.8 Å². The second-order valence-electron chi connectivity index (χ2n) is 6.55. The Balaban J connectivity index is 4.62. The van der Waals surface area contributed by atoms with Gasteiger partial charge in [0.15, 0.2) is 0 Å². The van der Waals surface area contributed by atoms with E-state index < -0.39 is 51.5 Å². The molecule has 0 saturated heterocycles. The van der Waals surface area contributed by atoms with E-state index in [9.17, 15) is 22.8 Å². The highest BCUT2D eigenvalue weighted by atomic mass is 32.2. The van der Waals surface area contributed by atoms with E-state index in [-0.39, 0.29) is 0 Å². The topological polar surface area (TPSA) is 131 Å². The molecule has 0 aliphatic carbocycles. The standard InChI is InChI=1S/C15H27N3O6S/c1-8-25(22,23)18-10(3)13(20)16-9(2)12(19)17-11(4)14(21)24-15(5,6)7/h8-11,18H,1H2,2-7H3,(H,16,20)(H,17,19)/t9-,10-,11-/m0/s1. The molecular formula is C15H27N3O6S. The third-order valence-corrected chi connectivity index (χ3v) is 3.95. The Labute approximate surface area is 148 Å². The Morgan fingerprint density at radius 1 is 0.960 bits per heavy atom. The molecule has 0 aliphatic rings. The number of hydrogen-bond acceptors (Lipinski definition) is 6. The van der Waals surface area contributed by atoms with Crippen molar-refractivity contribution in [1.82, 2.24) is 15.4 Å². The molecule has 0 rings (SSSR count). The molecule has 144 valence electrons. The number of ether oxygens (including phenoxy) is 1. The summed E-state index contributed by atoms with van der Waals surface area (Å²) in [6, 6.07) is -2.97. The number of amides is 2. The zero-order valence-electron chi connectivity index (χ0n) is 15.4. The van der Waals surface area contributed by atoms with Crippen LogP contribution in [0.5, 0.6) is 0 Å². The summed E-state index contributed by atoms with van der Waals surface area (Å²) < 4.78 is 29.9. The van der Waals surface area contributed by atoms with Crippen LogP contribution >= 0.6 is 0 Å². The molecule has 0 bridgehead atoms. The first-order valence-electron chi connectivity index (χ1n) is 7.67. The minimum absolute atomic E-state index is 0.605. The summed E-state index contributed by atoms with van der Waals surface area (Å²) in [6.07, 6.45) is 0. The van der Waals surface area contributed by atoms with Gasteiger partial charge in [-0.15, -0.1) is 0 Å². The van der Waals surface area contributed by atoms with E-state index in [2.05, 4.69) is 21.9 Å². The van der Waals surface area contributed by atoms with Crippen molar-refractivity contribution >= 4 is 27.8 Å². The first-order chi connectivity index (χ1) is 11.2. The quantitative estimate of drug-likeness (QED) is 0.502. The monoisotopic (exact) mass is 377 g/mol. The van der Waals surface area contributed by atoms with Gasteiger partial charge >= 0.3 is 5.97 Å². The van der Waals surface area contributed by atoms with E-state index in [0.717, 1.165) is 0 Å².